The van der Waals surface area contributed by atoms with Crippen molar-refractivity contribution in [3.63, 3.8) is 0 Å². The van der Waals surface area contributed by atoms with Crippen LogP contribution in [0.4, 0.5) is 4.79 Å². The number of hydrogen-bond acceptors (Lipinski definition) is 3. The van der Waals surface area contributed by atoms with Crippen molar-refractivity contribution in [1.82, 2.24) is 10.2 Å². The first-order valence-electron chi connectivity index (χ1n) is 8.30. The van der Waals surface area contributed by atoms with E-state index in [0.717, 1.165) is 17.5 Å². The van der Waals surface area contributed by atoms with Crippen molar-refractivity contribution in [2.45, 2.75) is 51.7 Å². The summed E-state index contributed by atoms with van der Waals surface area (Å²) < 4.78 is 5.46. The smallest absolute Gasteiger partial charge is 0.410 e. The molecule has 1 aromatic carbocycles. The number of nitrogens with zero attached hydrogens (tertiary/aromatic N) is 1. The second-order valence-electron chi connectivity index (χ2n) is 7.47. The number of carbonyl (C=O) groups is 2. The van der Waals surface area contributed by atoms with E-state index in [1.807, 2.05) is 26.8 Å². The molecule has 1 saturated heterocycles. The molecule has 1 aromatic rings. The first-order valence-corrected chi connectivity index (χ1v) is 8.68. The van der Waals surface area contributed by atoms with Crippen LogP contribution in [0, 0.1) is 0 Å². The Hall–Kier alpha value is -1.75. The Kier molecular flexibility index (Phi) is 4.24. The third-order valence-corrected chi connectivity index (χ3v) is 4.80. The van der Waals surface area contributed by atoms with Crippen molar-refractivity contribution in [3.8, 4) is 0 Å². The topological polar surface area (TPSA) is 58.6 Å². The molecule has 3 rings (SSSR count). The fourth-order valence-corrected chi connectivity index (χ4v) is 3.74. The molecule has 0 radical (unpaired) electrons. The molecule has 1 fully saturated rings. The second kappa shape index (κ2) is 5.96. The van der Waals surface area contributed by atoms with Gasteiger partial charge < -0.3 is 15.0 Å². The molecule has 1 N–H and O–H groups in total. The van der Waals surface area contributed by atoms with Crippen LogP contribution in [0.1, 0.15) is 55.1 Å². The van der Waals surface area contributed by atoms with E-state index in [2.05, 4.69) is 18.3 Å². The average molecular weight is 351 g/mol. The number of likely N-dealkylation sites (tertiary alicyclic amines) is 1. The number of aryl methyl sites for hydroxylation is 1. The molecule has 0 spiro atoms. The summed E-state index contributed by atoms with van der Waals surface area (Å²) in [6, 6.07) is 3.80. The molecule has 24 heavy (non-hydrogen) atoms. The number of benzene rings is 1. The minimum atomic E-state index is -0.537. The van der Waals surface area contributed by atoms with Gasteiger partial charge in [-0.15, -0.1) is 0 Å². The van der Waals surface area contributed by atoms with E-state index in [4.69, 9.17) is 16.3 Å². The Labute approximate surface area is 147 Å². The van der Waals surface area contributed by atoms with Crippen LogP contribution in [-0.2, 0) is 11.2 Å². The molecule has 0 aromatic heterocycles. The third-order valence-electron chi connectivity index (χ3n) is 4.50. The normalized spacial score (nSPS) is 22.7. The summed E-state index contributed by atoms with van der Waals surface area (Å²) in [4.78, 5) is 26.4. The highest BCUT2D eigenvalue weighted by atomic mass is 35.5. The fourth-order valence-electron chi connectivity index (χ4n) is 3.40. The Morgan fingerprint density at radius 2 is 2.08 bits per heavy atom. The van der Waals surface area contributed by atoms with Gasteiger partial charge in [0.1, 0.15) is 5.60 Å². The number of carbonyl (C=O) groups excluding carboxylic acids is 2. The van der Waals surface area contributed by atoms with Crippen LogP contribution < -0.4 is 5.32 Å². The Balaban J connectivity index is 1.90. The van der Waals surface area contributed by atoms with Crippen LogP contribution >= 0.6 is 11.6 Å². The average Bonchev–Trinajstić information content (AvgIpc) is 2.89. The minimum Gasteiger partial charge on any atom is -0.444 e. The van der Waals surface area contributed by atoms with Crippen LogP contribution in [0.25, 0.3) is 0 Å². The quantitative estimate of drug-likeness (QED) is 0.845. The summed E-state index contributed by atoms with van der Waals surface area (Å²) in [5.41, 5.74) is 2.05. The molecule has 130 valence electrons. The number of hydrogen-bond donors (Lipinski definition) is 1. The Morgan fingerprint density at radius 1 is 1.38 bits per heavy atom. The van der Waals surface area contributed by atoms with E-state index >= 15 is 0 Å². The molecule has 0 saturated carbocycles. The van der Waals surface area contributed by atoms with Gasteiger partial charge in [0.05, 0.1) is 16.6 Å². The maximum Gasteiger partial charge on any atom is 0.410 e. The first kappa shape index (κ1) is 17.1. The van der Waals surface area contributed by atoms with Crippen LogP contribution in [-0.4, -0.2) is 41.6 Å². The van der Waals surface area contributed by atoms with Gasteiger partial charge in [0.2, 0.25) is 0 Å². The Morgan fingerprint density at radius 3 is 2.71 bits per heavy atom. The zero-order valence-corrected chi connectivity index (χ0v) is 15.2. The molecule has 2 heterocycles. The van der Waals surface area contributed by atoms with Gasteiger partial charge in [0, 0.05) is 19.0 Å². The van der Waals surface area contributed by atoms with Gasteiger partial charge in [-0.2, -0.15) is 0 Å². The largest absolute Gasteiger partial charge is 0.444 e. The van der Waals surface area contributed by atoms with Crippen LogP contribution in [0.5, 0.6) is 0 Å². The minimum absolute atomic E-state index is 0.0502. The molecule has 0 bridgehead atoms. The maximum atomic E-state index is 12.4. The number of rotatable bonds is 1. The van der Waals surface area contributed by atoms with Crippen molar-refractivity contribution < 1.29 is 14.3 Å². The summed E-state index contributed by atoms with van der Waals surface area (Å²) >= 11 is 6.33. The van der Waals surface area contributed by atoms with Gasteiger partial charge in [-0.25, -0.2) is 4.79 Å². The number of ether oxygens (including phenoxy) is 1. The third kappa shape index (κ3) is 3.09. The van der Waals surface area contributed by atoms with E-state index in [0.29, 0.717) is 23.7 Å². The van der Waals surface area contributed by atoms with Crippen LogP contribution in [0.2, 0.25) is 5.02 Å². The molecule has 0 aliphatic carbocycles. The maximum absolute atomic E-state index is 12.4. The van der Waals surface area contributed by atoms with E-state index < -0.39 is 5.60 Å². The first-order chi connectivity index (χ1) is 11.2. The summed E-state index contributed by atoms with van der Waals surface area (Å²) in [5, 5.41) is 3.47. The summed E-state index contributed by atoms with van der Waals surface area (Å²) in [5.74, 6) is -0.112. The van der Waals surface area contributed by atoms with Gasteiger partial charge in [0.15, 0.2) is 0 Å². The highest BCUT2D eigenvalue weighted by Gasteiger charge is 2.43. The van der Waals surface area contributed by atoms with Gasteiger partial charge in [0.25, 0.3) is 5.91 Å². The molecule has 6 heteroatoms. The summed E-state index contributed by atoms with van der Waals surface area (Å²) in [6.07, 6.45) is 0.507. The van der Waals surface area contributed by atoms with Crippen LogP contribution in [0.15, 0.2) is 12.1 Å². The monoisotopic (exact) mass is 350 g/mol. The Bertz CT molecular complexity index is 696. The van der Waals surface area contributed by atoms with Crippen molar-refractivity contribution in [2.24, 2.45) is 0 Å². The molecule has 2 amide bonds. The SMILES string of the molecule is CCc1cc(Cl)c2c(c1)C1CN(C(=O)OC(C)(C)C)CC1NC2=O. The lowest BCUT2D eigenvalue weighted by atomic mass is 9.85. The highest BCUT2D eigenvalue weighted by molar-refractivity contribution is 6.34. The van der Waals surface area contributed by atoms with Gasteiger partial charge in [-0.3, -0.25) is 4.79 Å². The highest BCUT2D eigenvalue weighted by Crippen LogP contribution is 2.38. The van der Waals surface area contributed by atoms with E-state index in [-0.39, 0.29) is 24.0 Å². The number of halogens is 1. The van der Waals surface area contributed by atoms with Crippen molar-refractivity contribution >= 4 is 23.6 Å². The van der Waals surface area contributed by atoms with Crippen molar-refractivity contribution in [2.75, 3.05) is 13.1 Å². The lowest BCUT2D eigenvalue weighted by Gasteiger charge is -2.28. The molecule has 2 atom stereocenters. The van der Waals surface area contributed by atoms with E-state index in [9.17, 15) is 9.59 Å². The van der Waals surface area contributed by atoms with Crippen molar-refractivity contribution in [3.05, 3.63) is 33.8 Å². The molecule has 2 unspecified atom stereocenters. The van der Waals surface area contributed by atoms with Crippen LogP contribution in [0.3, 0.4) is 0 Å². The van der Waals surface area contributed by atoms with E-state index in [1.54, 1.807) is 4.90 Å². The van der Waals surface area contributed by atoms with Crippen molar-refractivity contribution in [1.29, 1.82) is 0 Å². The molecular formula is C18H23ClN2O3. The molecule has 2 aliphatic rings. The number of amides is 2. The zero-order valence-electron chi connectivity index (χ0n) is 14.5. The zero-order chi connectivity index (χ0) is 17.6. The molecular weight excluding hydrogens is 328 g/mol. The van der Waals surface area contributed by atoms with Gasteiger partial charge >= 0.3 is 6.09 Å². The summed E-state index contributed by atoms with van der Waals surface area (Å²) in [6.45, 7) is 8.57. The van der Waals surface area contributed by atoms with Gasteiger partial charge in [-0.05, 0) is 44.4 Å². The lowest BCUT2D eigenvalue weighted by molar-refractivity contribution is 0.0288. The molecule has 2 aliphatic heterocycles. The van der Waals surface area contributed by atoms with E-state index in [1.165, 1.54) is 0 Å². The number of fused-ring (bicyclic) bond motifs is 3. The fraction of sp³-hybridized carbons (Fsp3) is 0.556. The predicted octanol–water partition coefficient (Wildman–Crippen LogP) is 3.35. The van der Waals surface area contributed by atoms with Gasteiger partial charge in [-0.1, -0.05) is 24.6 Å². The predicted molar refractivity (Wildman–Crippen MR) is 92.6 cm³/mol. The number of nitrogens with one attached hydrogen (secondary N) is 1. The summed E-state index contributed by atoms with van der Waals surface area (Å²) in [7, 11) is 0. The second-order valence-corrected chi connectivity index (χ2v) is 7.87. The lowest BCUT2D eigenvalue weighted by Crippen LogP contribution is -2.45. The molecule has 5 nitrogen and oxygen atoms in total. The standard InChI is InChI=1S/C18H23ClN2O3/c1-5-10-6-11-12-8-21(17(23)24-18(2,3)4)9-14(12)20-16(22)15(11)13(19)7-10/h6-7,12,14H,5,8-9H2,1-4H3,(H,20,22).